The second-order valence-corrected chi connectivity index (χ2v) is 3.70. The lowest BCUT2D eigenvalue weighted by molar-refractivity contribution is 0.420. The van der Waals surface area contributed by atoms with Crippen molar-refractivity contribution in [2.24, 2.45) is 0 Å². The van der Waals surface area contributed by atoms with Crippen molar-refractivity contribution < 1.29 is 4.74 Å². The van der Waals surface area contributed by atoms with E-state index in [4.69, 9.17) is 4.74 Å². The molecule has 0 aliphatic heterocycles. The fraction of sp³-hybridized carbons (Fsp3) is 0.200. The number of hydrogen-bond donors (Lipinski definition) is 0. The molecule has 0 saturated carbocycles. The summed E-state index contributed by atoms with van der Waals surface area (Å²) >= 11 is 0. The summed E-state index contributed by atoms with van der Waals surface area (Å²) in [6.07, 6.45) is 5.64. The SMILES string of the molecule is C=C/C=C\C(C)=C(/C)Oc1ccccc1C. The molecule has 0 bridgehead atoms. The van der Waals surface area contributed by atoms with Crippen molar-refractivity contribution in [1.82, 2.24) is 0 Å². The summed E-state index contributed by atoms with van der Waals surface area (Å²) in [5.74, 6) is 1.82. The van der Waals surface area contributed by atoms with E-state index in [-0.39, 0.29) is 0 Å². The van der Waals surface area contributed by atoms with Gasteiger partial charge in [-0.15, -0.1) is 0 Å². The second-order valence-electron chi connectivity index (χ2n) is 3.70. The number of benzene rings is 1. The first-order chi connectivity index (χ1) is 7.65. The molecule has 0 unspecified atom stereocenters. The number of hydrogen-bond acceptors (Lipinski definition) is 1. The third-order valence-corrected chi connectivity index (χ3v) is 2.39. The van der Waals surface area contributed by atoms with Gasteiger partial charge in [0.05, 0.1) is 0 Å². The van der Waals surface area contributed by atoms with Gasteiger partial charge in [-0.25, -0.2) is 0 Å². The Hall–Kier alpha value is -1.76. The molecule has 0 spiro atoms. The van der Waals surface area contributed by atoms with Crippen LogP contribution in [0.4, 0.5) is 0 Å². The van der Waals surface area contributed by atoms with Gasteiger partial charge in [-0.2, -0.15) is 0 Å². The van der Waals surface area contributed by atoms with Crippen molar-refractivity contribution in [2.75, 3.05) is 0 Å². The van der Waals surface area contributed by atoms with Crippen LogP contribution in [0.15, 0.2) is 60.4 Å². The fourth-order valence-corrected chi connectivity index (χ4v) is 1.25. The zero-order valence-corrected chi connectivity index (χ0v) is 10.2. The highest BCUT2D eigenvalue weighted by molar-refractivity contribution is 5.34. The largest absolute Gasteiger partial charge is 0.461 e. The highest BCUT2D eigenvalue weighted by Crippen LogP contribution is 2.20. The van der Waals surface area contributed by atoms with Crippen LogP contribution in [0.3, 0.4) is 0 Å². The molecule has 0 heterocycles. The molecule has 84 valence electrons. The number of allylic oxidation sites excluding steroid dienone is 5. The van der Waals surface area contributed by atoms with E-state index in [1.165, 1.54) is 0 Å². The second kappa shape index (κ2) is 5.96. The molecule has 0 aliphatic rings. The van der Waals surface area contributed by atoms with Crippen molar-refractivity contribution >= 4 is 0 Å². The van der Waals surface area contributed by atoms with Crippen molar-refractivity contribution in [1.29, 1.82) is 0 Å². The Morgan fingerprint density at radius 2 is 1.94 bits per heavy atom. The Labute approximate surface area is 97.8 Å². The van der Waals surface area contributed by atoms with Crippen LogP contribution in [0.5, 0.6) is 5.75 Å². The zero-order chi connectivity index (χ0) is 12.0. The maximum Gasteiger partial charge on any atom is 0.129 e. The van der Waals surface area contributed by atoms with Crippen LogP contribution < -0.4 is 4.74 Å². The van der Waals surface area contributed by atoms with Crippen molar-refractivity contribution in [2.45, 2.75) is 20.8 Å². The predicted octanol–water partition coefficient (Wildman–Crippen LogP) is 4.41. The molecule has 1 rings (SSSR count). The molecular formula is C15H18O. The van der Waals surface area contributed by atoms with Gasteiger partial charge < -0.3 is 4.74 Å². The maximum absolute atomic E-state index is 5.80. The van der Waals surface area contributed by atoms with Crippen LogP contribution in [0, 0.1) is 6.92 Å². The molecule has 1 nitrogen and oxygen atoms in total. The lowest BCUT2D eigenvalue weighted by Crippen LogP contribution is -1.95. The van der Waals surface area contributed by atoms with Gasteiger partial charge in [-0.3, -0.25) is 0 Å². The lowest BCUT2D eigenvalue weighted by Gasteiger charge is -2.10. The van der Waals surface area contributed by atoms with E-state index in [9.17, 15) is 0 Å². The number of rotatable bonds is 4. The zero-order valence-electron chi connectivity index (χ0n) is 10.2. The topological polar surface area (TPSA) is 9.23 Å². The van der Waals surface area contributed by atoms with Crippen LogP contribution in [0.25, 0.3) is 0 Å². The van der Waals surface area contributed by atoms with Crippen molar-refractivity contribution in [3.63, 3.8) is 0 Å². The number of aryl methyl sites for hydroxylation is 1. The van der Waals surface area contributed by atoms with Gasteiger partial charge in [-0.1, -0.05) is 43.0 Å². The van der Waals surface area contributed by atoms with E-state index >= 15 is 0 Å². The van der Waals surface area contributed by atoms with Gasteiger partial charge in [0.2, 0.25) is 0 Å². The van der Waals surface area contributed by atoms with E-state index < -0.39 is 0 Å². The number of para-hydroxylation sites is 1. The quantitative estimate of drug-likeness (QED) is 0.533. The first kappa shape index (κ1) is 12.3. The fourth-order valence-electron chi connectivity index (χ4n) is 1.25. The summed E-state index contributed by atoms with van der Waals surface area (Å²) in [7, 11) is 0. The molecule has 0 amide bonds. The predicted molar refractivity (Wildman–Crippen MR) is 69.5 cm³/mol. The molecule has 1 heteroatoms. The van der Waals surface area contributed by atoms with Crippen LogP contribution in [0.2, 0.25) is 0 Å². The molecule has 0 N–H and O–H groups in total. The monoisotopic (exact) mass is 214 g/mol. The summed E-state index contributed by atoms with van der Waals surface area (Å²) in [5, 5.41) is 0. The van der Waals surface area contributed by atoms with Gasteiger partial charge in [0.25, 0.3) is 0 Å². The Balaban J connectivity index is 2.85. The minimum atomic E-state index is 0.909. The third kappa shape index (κ3) is 3.43. The molecule has 1 aromatic carbocycles. The summed E-state index contributed by atoms with van der Waals surface area (Å²) in [6.45, 7) is 9.67. The van der Waals surface area contributed by atoms with Crippen molar-refractivity contribution in [3.05, 3.63) is 66.0 Å². The van der Waals surface area contributed by atoms with Crippen LogP contribution in [-0.2, 0) is 0 Å². The third-order valence-electron chi connectivity index (χ3n) is 2.39. The van der Waals surface area contributed by atoms with E-state index in [2.05, 4.69) is 6.58 Å². The van der Waals surface area contributed by atoms with Gasteiger partial charge in [0, 0.05) is 0 Å². The minimum Gasteiger partial charge on any atom is -0.461 e. The molecule has 1 aromatic rings. The Morgan fingerprint density at radius 1 is 1.25 bits per heavy atom. The van der Waals surface area contributed by atoms with Gasteiger partial charge in [-0.05, 0) is 38.0 Å². The molecule has 0 fully saturated rings. The van der Waals surface area contributed by atoms with Crippen molar-refractivity contribution in [3.8, 4) is 5.75 Å². The smallest absolute Gasteiger partial charge is 0.129 e. The van der Waals surface area contributed by atoms with Gasteiger partial charge in [0.1, 0.15) is 11.5 Å². The standard InChI is InChI=1S/C15H18O/c1-5-6-9-12(2)14(4)16-15-11-8-7-10-13(15)3/h5-11H,1H2,2-4H3/b9-6-,14-12+. The average molecular weight is 214 g/mol. The summed E-state index contributed by atoms with van der Waals surface area (Å²) < 4.78 is 5.80. The first-order valence-electron chi connectivity index (χ1n) is 5.35. The van der Waals surface area contributed by atoms with Crippen LogP contribution >= 0.6 is 0 Å². The summed E-state index contributed by atoms with van der Waals surface area (Å²) in [5.41, 5.74) is 2.24. The van der Waals surface area contributed by atoms with Crippen LogP contribution in [0.1, 0.15) is 19.4 Å². The first-order valence-corrected chi connectivity index (χ1v) is 5.35. The Kier molecular flexibility index (Phi) is 4.59. The highest BCUT2D eigenvalue weighted by atomic mass is 16.5. The van der Waals surface area contributed by atoms with E-state index in [0.29, 0.717) is 0 Å². The molecule has 0 atom stereocenters. The van der Waals surface area contributed by atoms with E-state index in [1.54, 1.807) is 6.08 Å². The molecule has 0 aromatic heterocycles. The molecule has 16 heavy (non-hydrogen) atoms. The number of ether oxygens (including phenoxy) is 1. The maximum atomic E-state index is 5.80. The Morgan fingerprint density at radius 3 is 2.56 bits per heavy atom. The Bertz CT molecular complexity index is 425. The molecule has 0 radical (unpaired) electrons. The molecule has 0 saturated heterocycles. The summed E-state index contributed by atoms with van der Waals surface area (Å²) in [4.78, 5) is 0. The normalized spacial score (nSPS) is 12.4. The summed E-state index contributed by atoms with van der Waals surface area (Å²) in [6, 6.07) is 8.00. The minimum absolute atomic E-state index is 0.909. The molecular weight excluding hydrogens is 196 g/mol. The van der Waals surface area contributed by atoms with E-state index in [1.807, 2.05) is 57.2 Å². The van der Waals surface area contributed by atoms with Gasteiger partial charge in [0.15, 0.2) is 0 Å². The molecule has 0 aliphatic carbocycles. The van der Waals surface area contributed by atoms with Gasteiger partial charge >= 0.3 is 0 Å². The lowest BCUT2D eigenvalue weighted by atomic mass is 10.2. The average Bonchev–Trinajstić information content (AvgIpc) is 2.28. The van der Waals surface area contributed by atoms with Crippen LogP contribution in [-0.4, -0.2) is 0 Å². The highest BCUT2D eigenvalue weighted by Gasteiger charge is 2.00. The van der Waals surface area contributed by atoms with E-state index in [0.717, 1.165) is 22.6 Å².